The molecule has 1 atom stereocenters. The number of Topliss-reactive ketones (excluding diaryl/α,β-unsaturated/α-hetero) is 1. The van der Waals surface area contributed by atoms with Crippen molar-refractivity contribution in [2.45, 2.75) is 32.2 Å². The summed E-state index contributed by atoms with van der Waals surface area (Å²) in [5.74, 6) is -2.15. The molecule has 136 valence electrons. The van der Waals surface area contributed by atoms with Crippen molar-refractivity contribution in [3.05, 3.63) is 35.9 Å². The van der Waals surface area contributed by atoms with Gasteiger partial charge in [0.2, 0.25) is 17.6 Å². The fourth-order valence-electron chi connectivity index (χ4n) is 2.11. The fraction of sp³-hybridized carbons (Fsp3) is 0.444. The molecule has 1 aromatic rings. The highest BCUT2D eigenvalue weighted by atomic mass is 16.2. The number of ketones is 1. The zero-order chi connectivity index (χ0) is 18.8. The van der Waals surface area contributed by atoms with Crippen LogP contribution in [0.15, 0.2) is 30.3 Å². The standard InChI is InChI=1S/C18H25N3O4/c1-4-5-11-14(22)17(24)19-12-15(23)20-16(18(25)21(2)3)13-9-7-6-8-10-13/h6-10,16H,4-5,11-12H2,1-3H3,(H,19,24)(H,20,23). The van der Waals surface area contributed by atoms with Gasteiger partial charge in [0.1, 0.15) is 6.04 Å². The van der Waals surface area contributed by atoms with Gasteiger partial charge in [-0.3, -0.25) is 19.2 Å². The Morgan fingerprint density at radius 1 is 1.08 bits per heavy atom. The van der Waals surface area contributed by atoms with Crippen LogP contribution in [0, 0.1) is 0 Å². The van der Waals surface area contributed by atoms with Crippen molar-refractivity contribution in [2.24, 2.45) is 0 Å². The van der Waals surface area contributed by atoms with Crippen molar-refractivity contribution in [2.75, 3.05) is 20.6 Å². The number of rotatable bonds is 9. The molecule has 0 aromatic heterocycles. The first-order valence-electron chi connectivity index (χ1n) is 8.23. The van der Waals surface area contributed by atoms with Gasteiger partial charge in [0.15, 0.2) is 0 Å². The van der Waals surface area contributed by atoms with Crippen LogP contribution in [0.1, 0.15) is 37.8 Å². The molecule has 0 radical (unpaired) electrons. The minimum Gasteiger partial charge on any atom is -0.347 e. The van der Waals surface area contributed by atoms with Crippen LogP contribution >= 0.6 is 0 Å². The second-order valence-electron chi connectivity index (χ2n) is 5.85. The first kappa shape index (κ1) is 20.3. The lowest BCUT2D eigenvalue weighted by atomic mass is 10.1. The molecule has 0 heterocycles. The average molecular weight is 347 g/mol. The van der Waals surface area contributed by atoms with E-state index >= 15 is 0 Å². The number of nitrogens with zero attached hydrogens (tertiary/aromatic N) is 1. The van der Waals surface area contributed by atoms with E-state index in [1.165, 1.54) is 4.90 Å². The molecule has 7 nitrogen and oxygen atoms in total. The summed E-state index contributed by atoms with van der Waals surface area (Å²) in [4.78, 5) is 49.0. The van der Waals surface area contributed by atoms with Gasteiger partial charge in [-0.2, -0.15) is 0 Å². The Bertz CT molecular complexity index is 614. The highest BCUT2D eigenvalue weighted by molar-refractivity contribution is 6.36. The molecule has 0 saturated carbocycles. The summed E-state index contributed by atoms with van der Waals surface area (Å²) in [5, 5.41) is 4.89. The first-order chi connectivity index (χ1) is 11.9. The second-order valence-corrected chi connectivity index (χ2v) is 5.85. The van der Waals surface area contributed by atoms with Gasteiger partial charge in [-0.15, -0.1) is 0 Å². The Morgan fingerprint density at radius 2 is 1.72 bits per heavy atom. The maximum absolute atomic E-state index is 12.3. The van der Waals surface area contributed by atoms with Crippen LogP contribution in [0.2, 0.25) is 0 Å². The molecule has 0 saturated heterocycles. The third kappa shape index (κ3) is 6.74. The number of unbranched alkanes of at least 4 members (excludes halogenated alkanes) is 1. The SMILES string of the molecule is CCCCC(=O)C(=O)NCC(=O)NC(C(=O)N(C)C)c1ccccc1. The third-order valence-electron chi connectivity index (χ3n) is 3.55. The second kappa shape index (κ2) is 10.2. The zero-order valence-corrected chi connectivity index (χ0v) is 14.9. The van der Waals surface area contributed by atoms with Gasteiger partial charge in [-0.25, -0.2) is 0 Å². The molecule has 0 spiro atoms. The number of hydrogen-bond acceptors (Lipinski definition) is 4. The Morgan fingerprint density at radius 3 is 2.28 bits per heavy atom. The number of hydrogen-bond donors (Lipinski definition) is 2. The predicted octanol–water partition coefficient (Wildman–Crippen LogP) is 0.808. The summed E-state index contributed by atoms with van der Waals surface area (Å²) in [6, 6.07) is 7.97. The van der Waals surface area contributed by atoms with Crippen LogP contribution in [0.4, 0.5) is 0 Å². The van der Waals surface area contributed by atoms with E-state index in [-0.39, 0.29) is 18.9 Å². The fourth-order valence-corrected chi connectivity index (χ4v) is 2.11. The number of amides is 3. The van der Waals surface area contributed by atoms with Gasteiger partial charge in [0.25, 0.3) is 5.91 Å². The molecule has 25 heavy (non-hydrogen) atoms. The van der Waals surface area contributed by atoms with Gasteiger partial charge < -0.3 is 15.5 Å². The summed E-state index contributed by atoms with van der Waals surface area (Å²) in [6.07, 6.45) is 1.60. The molecule has 1 unspecified atom stereocenters. The van der Waals surface area contributed by atoms with E-state index in [1.807, 2.05) is 13.0 Å². The molecule has 0 aliphatic heterocycles. The Kier molecular flexibility index (Phi) is 8.32. The van der Waals surface area contributed by atoms with Crippen molar-refractivity contribution in [3.63, 3.8) is 0 Å². The first-order valence-corrected chi connectivity index (χ1v) is 8.23. The molecule has 7 heteroatoms. The van der Waals surface area contributed by atoms with E-state index < -0.39 is 23.6 Å². The van der Waals surface area contributed by atoms with Crippen LogP contribution in [0.25, 0.3) is 0 Å². The van der Waals surface area contributed by atoms with Crippen LogP contribution < -0.4 is 10.6 Å². The van der Waals surface area contributed by atoms with Gasteiger partial charge in [-0.05, 0) is 12.0 Å². The zero-order valence-electron chi connectivity index (χ0n) is 14.9. The van der Waals surface area contributed by atoms with Gasteiger partial charge in [-0.1, -0.05) is 43.7 Å². The Balaban J connectivity index is 2.65. The quantitative estimate of drug-likeness (QED) is 0.646. The number of likely N-dealkylation sites (N-methyl/N-ethyl adjacent to an activating group) is 1. The summed E-state index contributed by atoms with van der Waals surface area (Å²) >= 11 is 0. The maximum atomic E-state index is 12.3. The van der Waals surface area contributed by atoms with E-state index in [0.717, 1.165) is 6.42 Å². The number of benzene rings is 1. The van der Waals surface area contributed by atoms with E-state index in [4.69, 9.17) is 0 Å². The van der Waals surface area contributed by atoms with E-state index in [1.54, 1.807) is 38.4 Å². The molecule has 0 aliphatic rings. The van der Waals surface area contributed by atoms with E-state index in [9.17, 15) is 19.2 Å². The van der Waals surface area contributed by atoms with Crippen molar-refractivity contribution >= 4 is 23.5 Å². The molecule has 0 fully saturated rings. The monoisotopic (exact) mass is 347 g/mol. The largest absolute Gasteiger partial charge is 0.347 e. The highest BCUT2D eigenvalue weighted by Crippen LogP contribution is 2.14. The van der Waals surface area contributed by atoms with Gasteiger partial charge >= 0.3 is 0 Å². The minimum absolute atomic E-state index is 0.162. The molecule has 1 rings (SSSR count). The Labute approximate surface area is 147 Å². The van der Waals surface area contributed by atoms with Crippen LogP contribution in [0.3, 0.4) is 0 Å². The summed E-state index contributed by atoms with van der Waals surface area (Å²) in [6.45, 7) is 1.56. The number of carbonyl (C=O) groups is 4. The predicted molar refractivity (Wildman–Crippen MR) is 93.6 cm³/mol. The summed E-state index contributed by atoms with van der Waals surface area (Å²) < 4.78 is 0. The normalized spacial score (nSPS) is 11.3. The van der Waals surface area contributed by atoms with E-state index in [0.29, 0.717) is 12.0 Å². The van der Waals surface area contributed by atoms with Crippen molar-refractivity contribution in [1.29, 1.82) is 0 Å². The summed E-state index contributed by atoms with van der Waals surface area (Å²) in [7, 11) is 3.19. The van der Waals surface area contributed by atoms with Gasteiger partial charge in [0, 0.05) is 20.5 Å². The van der Waals surface area contributed by atoms with Crippen molar-refractivity contribution in [1.82, 2.24) is 15.5 Å². The van der Waals surface area contributed by atoms with E-state index in [2.05, 4.69) is 10.6 Å². The number of carbonyl (C=O) groups excluding carboxylic acids is 4. The lowest BCUT2D eigenvalue weighted by Crippen LogP contribution is -2.45. The molecular formula is C18H25N3O4. The molecular weight excluding hydrogens is 322 g/mol. The highest BCUT2D eigenvalue weighted by Gasteiger charge is 2.24. The molecule has 0 aliphatic carbocycles. The minimum atomic E-state index is -0.851. The molecule has 2 N–H and O–H groups in total. The van der Waals surface area contributed by atoms with Crippen molar-refractivity contribution < 1.29 is 19.2 Å². The third-order valence-corrected chi connectivity index (χ3v) is 3.55. The lowest BCUT2D eigenvalue weighted by Gasteiger charge is -2.22. The lowest BCUT2D eigenvalue weighted by molar-refractivity contribution is -0.139. The topological polar surface area (TPSA) is 95.6 Å². The number of nitrogens with one attached hydrogen (secondary N) is 2. The molecule has 1 aromatic carbocycles. The smallest absolute Gasteiger partial charge is 0.287 e. The van der Waals surface area contributed by atoms with Crippen LogP contribution in [-0.4, -0.2) is 49.0 Å². The maximum Gasteiger partial charge on any atom is 0.287 e. The van der Waals surface area contributed by atoms with Crippen LogP contribution in [-0.2, 0) is 19.2 Å². The van der Waals surface area contributed by atoms with Crippen molar-refractivity contribution in [3.8, 4) is 0 Å². The van der Waals surface area contributed by atoms with Gasteiger partial charge in [0.05, 0.1) is 6.54 Å². The van der Waals surface area contributed by atoms with Crippen LogP contribution in [0.5, 0.6) is 0 Å². The molecule has 3 amide bonds. The Hall–Kier alpha value is -2.70. The molecule has 0 bridgehead atoms. The average Bonchev–Trinajstić information content (AvgIpc) is 2.62. The summed E-state index contributed by atoms with van der Waals surface area (Å²) in [5.41, 5.74) is 0.639.